The van der Waals surface area contributed by atoms with Gasteiger partial charge in [-0.25, -0.2) is 0 Å². The van der Waals surface area contributed by atoms with Crippen LogP contribution in [-0.2, 0) is 0 Å². The monoisotopic (exact) mass is 311 g/mol. The first-order valence-electron chi connectivity index (χ1n) is 7.20. The molecule has 0 saturated carbocycles. The fourth-order valence-electron chi connectivity index (χ4n) is 2.63. The molecular weight excluding hydrogens is 290 g/mol. The summed E-state index contributed by atoms with van der Waals surface area (Å²) in [6.07, 6.45) is -4.69. The first-order valence-corrected chi connectivity index (χ1v) is 7.20. The lowest BCUT2D eigenvalue weighted by Gasteiger charge is -2.23. The highest BCUT2D eigenvalue weighted by atomic mass is 16.5. The lowest BCUT2D eigenvalue weighted by atomic mass is 10.1. The maximum Gasteiger partial charge on any atom is 0.256 e. The fourth-order valence-corrected chi connectivity index (χ4v) is 2.63. The van der Waals surface area contributed by atoms with Crippen molar-refractivity contribution in [2.24, 2.45) is 0 Å². The molecule has 1 heterocycles. The Kier molecular flexibility index (Phi) is 5.49. The zero-order chi connectivity index (χ0) is 16.3. The van der Waals surface area contributed by atoms with E-state index in [-0.39, 0.29) is 31.7 Å². The van der Waals surface area contributed by atoms with Crippen LogP contribution < -0.4 is 0 Å². The van der Waals surface area contributed by atoms with Gasteiger partial charge in [0, 0.05) is 24.1 Å². The molecule has 122 valence electrons. The summed E-state index contributed by atoms with van der Waals surface area (Å²) in [5.41, 5.74) is 0.998. The molecule has 1 amide bonds. The van der Waals surface area contributed by atoms with Gasteiger partial charge in [-0.2, -0.15) is 0 Å². The van der Waals surface area contributed by atoms with E-state index in [1.165, 1.54) is 4.90 Å². The molecule has 0 saturated heterocycles. The van der Waals surface area contributed by atoms with Gasteiger partial charge in [0.25, 0.3) is 5.91 Å². The van der Waals surface area contributed by atoms with E-state index >= 15 is 0 Å². The Morgan fingerprint density at radius 2 is 1.73 bits per heavy atom. The Morgan fingerprint density at radius 3 is 2.36 bits per heavy atom. The molecular formula is C15H21NO6. The number of benzene rings is 1. The van der Waals surface area contributed by atoms with Crippen molar-refractivity contribution in [3.05, 3.63) is 35.4 Å². The lowest BCUT2D eigenvalue weighted by molar-refractivity contribution is -0.0761. The standard InChI is InChI=1S/C15H21NO6/c17-9(7-10(18)8-13(19)20)5-6-16-14(21)11-3-1-2-4-12(11)15(16)22/h1-4,9-10,13-14,17-21H,5-8H2/t9?,10-,14?/m1/s1. The van der Waals surface area contributed by atoms with Gasteiger partial charge >= 0.3 is 0 Å². The highest BCUT2D eigenvalue weighted by Gasteiger charge is 2.35. The van der Waals surface area contributed by atoms with Gasteiger partial charge in [0.05, 0.1) is 12.2 Å². The predicted octanol–water partition coefficient (Wildman–Crippen LogP) is -0.664. The van der Waals surface area contributed by atoms with E-state index in [4.69, 9.17) is 10.2 Å². The molecule has 0 radical (unpaired) electrons. The van der Waals surface area contributed by atoms with Crippen LogP contribution in [-0.4, -0.2) is 61.4 Å². The molecule has 0 aliphatic carbocycles. The van der Waals surface area contributed by atoms with Crippen molar-refractivity contribution in [1.82, 2.24) is 4.90 Å². The van der Waals surface area contributed by atoms with Crippen molar-refractivity contribution in [3.8, 4) is 0 Å². The summed E-state index contributed by atoms with van der Waals surface area (Å²) in [6.45, 7) is 0.143. The van der Waals surface area contributed by atoms with Gasteiger partial charge in [-0.15, -0.1) is 0 Å². The molecule has 0 spiro atoms. The molecule has 7 nitrogen and oxygen atoms in total. The maximum atomic E-state index is 12.2. The van der Waals surface area contributed by atoms with Gasteiger partial charge in [-0.05, 0) is 18.9 Å². The first kappa shape index (κ1) is 16.9. The highest BCUT2D eigenvalue weighted by molar-refractivity contribution is 5.98. The van der Waals surface area contributed by atoms with E-state index in [0.717, 1.165) is 0 Å². The summed E-state index contributed by atoms with van der Waals surface area (Å²) in [7, 11) is 0. The molecule has 1 aromatic carbocycles. The minimum atomic E-state index is -1.63. The lowest BCUT2D eigenvalue weighted by Crippen LogP contribution is -2.32. The van der Waals surface area contributed by atoms with Crippen LogP contribution >= 0.6 is 0 Å². The number of fused-ring (bicyclic) bond motifs is 1. The van der Waals surface area contributed by atoms with E-state index in [9.17, 15) is 20.1 Å². The topological polar surface area (TPSA) is 121 Å². The zero-order valence-electron chi connectivity index (χ0n) is 12.0. The average molecular weight is 311 g/mol. The van der Waals surface area contributed by atoms with Crippen molar-refractivity contribution in [2.75, 3.05) is 6.54 Å². The van der Waals surface area contributed by atoms with Crippen molar-refractivity contribution >= 4 is 5.91 Å². The number of hydrogen-bond donors (Lipinski definition) is 5. The molecule has 0 aromatic heterocycles. The van der Waals surface area contributed by atoms with Crippen molar-refractivity contribution in [2.45, 2.75) is 44.0 Å². The third-order valence-electron chi connectivity index (χ3n) is 3.76. The van der Waals surface area contributed by atoms with Crippen molar-refractivity contribution in [1.29, 1.82) is 0 Å². The molecule has 1 aliphatic heterocycles. The van der Waals surface area contributed by atoms with Gasteiger partial charge in [0.15, 0.2) is 12.5 Å². The predicted molar refractivity (Wildman–Crippen MR) is 76.5 cm³/mol. The van der Waals surface area contributed by atoms with E-state index < -0.39 is 24.7 Å². The minimum absolute atomic E-state index is 0.0251. The van der Waals surface area contributed by atoms with Crippen LogP contribution in [0.4, 0.5) is 0 Å². The Hall–Kier alpha value is -1.51. The number of aliphatic hydroxyl groups is 5. The number of hydrogen-bond acceptors (Lipinski definition) is 6. The molecule has 2 unspecified atom stereocenters. The number of aliphatic hydroxyl groups excluding tert-OH is 4. The van der Waals surface area contributed by atoms with Crippen LogP contribution in [0.25, 0.3) is 0 Å². The second kappa shape index (κ2) is 7.17. The number of amides is 1. The molecule has 2 rings (SSSR count). The summed E-state index contributed by atoms with van der Waals surface area (Å²) < 4.78 is 0. The molecule has 1 aromatic rings. The third-order valence-corrected chi connectivity index (χ3v) is 3.76. The van der Waals surface area contributed by atoms with E-state index in [2.05, 4.69) is 0 Å². The first-order chi connectivity index (χ1) is 10.4. The third kappa shape index (κ3) is 3.82. The molecule has 1 aliphatic rings. The SMILES string of the molecule is O=C1c2ccccc2C(O)N1CCC(O)C[C@@H](O)CC(O)O. The van der Waals surface area contributed by atoms with Crippen LogP contribution in [0.2, 0.25) is 0 Å². The Balaban J connectivity index is 1.86. The second-order valence-corrected chi connectivity index (χ2v) is 5.51. The molecule has 0 fully saturated rings. The number of rotatable bonds is 7. The largest absolute Gasteiger partial charge is 0.393 e. The molecule has 0 bridgehead atoms. The summed E-state index contributed by atoms with van der Waals surface area (Å²) in [4.78, 5) is 13.4. The smallest absolute Gasteiger partial charge is 0.256 e. The summed E-state index contributed by atoms with van der Waals surface area (Å²) >= 11 is 0. The Bertz CT molecular complexity index is 521. The van der Waals surface area contributed by atoms with Crippen LogP contribution in [0.15, 0.2) is 24.3 Å². The quantitative estimate of drug-likeness (QED) is 0.426. The Labute approximate surface area is 128 Å². The minimum Gasteiger partial charge on any atom is -0.393 e. The van der Waals surface area contributed by atoms with E-state index in [0.29, 0.717) is 11.1 Å². The van der Waals surface area contributed by atoms with Gasteiger partial charge in [-0.3, -0.25) is 4.79 Å². The van der Waals surface area contributed by atoms with Gasteiger partial charge in [-0.1, -0.05) is 18.2 Å². The number of carbonyl (C=O) groups excluding carboxylic acids is 1. The van der Waals surface area contributed by atoms with E-state index in [1.807, 2.05) is 0 Å². The van der Waals surface area contributed by atoms with Gasteiger partial charge in [0.1, 0.15) is 0 Å². The molecule has 22 heavy (non-hydrogen) atoms. The summed E-state index contributed by atoms with van der Waals surface area (Å²) in [6, 6.07) is 6.78. The molecule has 5 N–H and O–H groups in total. The van der Waals surface area contributed by atoms with Crippen molar-refractivity contribution in [3.63, 3.8) is 0 Å². The normalized spacial score (nSPS) is 20.4. The van der Waals surface area contributed by atoms with Crippen LogP contribution in [0.5, 0.6) is 0 Å². The summed E-state index contributed by atoms with van der Waals surface area (Å²) in [5.74, 6) is -0.290. The zero-order valence-corrected chi connectivity index (χ0v) is 12.0. The van der Waals surface area contributed by atoms with E-state index in [1.54, 1.807) is 24.3 Å². The fraction of sp³-hybridized carbons (Fsp3) is 0.533. The van der Waals surface area contributed by atoms with Crippen LogP contribution in [0.3, 0.4) is 0 Å². The number of carbonyl (C=O) groups is 1. The highest BCUT2D eigenvalue weighted by Crippen LogP contribution is 2.31. The summed E-state index contributed by atoms with van der Waals surface area (Å²) in [5, 5.41) is 47.0. The van der Waals surface area contributed by atoms with Crippen LogP contribution in [0.1, 0.15) is 41.4 Å². The van der Waals surface area contributed by atoms with Crippen LogP contribution in [0, 0.1) is 0 Å². The second-order valence-electron chi connectivity index (χ2n) is 5.51. The van der Waals surface area contributed by atoms with Gasteiger partial charge in [0.2, 0.25) is 0 Å². The molecule has 3 atom stereocenters. The van der Waals surface area contributed by atoms with Gasteiger partial charge < -0.3 is 30.4 Å². The maximum absolute atomic E-state index is 12.2. The average Bonchev–Trinajstić information content (AvgIpc) is 2.68. The number of nitrogens with zero attached hydrogens (tertiary/aromatic N) is 1. The van der Waals surface area contributed by atoms with Crippen molar-refractivity contribution < 1.29 is 30.3 Å². The Morgan fingerprint density at radius 1 is 1.05 bits per heavy atom. The molecule has 7 heteroatoms.